The molecule has 2 aromatic rings. The minimum Gasteiger partial charge on any atom is -0.481 e. The van der Waals surface area contributed by atoms with E-state index in [9.17, 15) is 9.90 Å². The molecular weight excluding hydrogens is 462 g/mol. The van der Waals surface area contributed by atoms with Crippen LogP contribution in [0.1, 0.15) is 50.2 Å². The van der Waals surface area contributed by atoms with Gasteiger partial charge in [-0.3, -0.25) is 4.98 Å². The molecule has 0 bridgehead atoms. The van der Waals surface area contributed by atoms with E-state index in [1.165, 1.54) is 11.2 Å². The Balaban J connectivity index is 1.11. The number of pyridine rings is 2. The highest BCUT2D eigenvalue weighted by molar-refractivity contribution is 5.78. The predicted octanol–water partition coefficient (Wildman–Crippen LogP) is 5.02. The number of unbranched alkanes of at least 4 members (excludes halogenated alkanes) is 1. The van der Waals surface area contributed by atoms with E-state index < -0.39 is 12.2 Å². The molecule has 9 heteroatoms. The first-order valence-corrected chi connectivity index (χ1v) is 12.2. The number of allylic oxidation sites excluding steroid dienone is 4. The van der Waals surface area contributed by atoms with Gasteiger partial charge in [0.1, 0.15) is 12.4 Å². The van der Waals surface area contributed by atoms with E-state index in [4.69, 9.17) is 18.9 Å². The third-order valence-electron chi connectivity index (χ3n) is 6.44. The van der Waals surface area contributed by atoms with Gasteiger partial charge in [-0.1, -0.05) is 24.6 Å². The first-order valence-electron chi connectivity index (χ1n) is 12.2. The van der Waals surface area contributed by atoms with Gasteiger partial charge in [-0.05, 0) is 49.8 Å². The van der Waals surface area contributed by atoms with Gasteiger partial charge in [0, 0.05) is 17.8 Å². The molecule has 4 heterocycles. The number of carbonyl (C=O) groups excluding carboxylic acids is 1. The van der Waals surface area contributed by atoms with Crippen molar-refractivity contribution in [1.82, 2.24) is 14.9 Å². The van der Waals surface area contributed by atoms with Crippen molar-refractivity contribution >= 4 is 17.1 Å². The van der Waals surface area contributed by atoms with E-state index in [0.29, 0.717) is 47.9 Å². The Labute approximate surface area is 209 Å². The van der Waals surface area contributed by atoms with Crippen LogP contribution in [0.5, 0.6) is 5.88 Å². The van der Waals surface area contributed by atoms with Gasteiger partial charge >= 0.3 is 6.09 Å². The molecule has 1 aliphatic carbocycles. The Hall–Kier alpha value is -3.85. The number of hydrogen-bond acceptors (Lipinski definition) is 8. The Morgan fingerprint density at radius 2 is 2.17 bits per heavy atom. The first kappa shape index (κ1) is 23.9. The quantitative estimate of drug-likeness (QED) is 0.488. The Bertz CT molecular complexity index is 1250. The minimum atomic E-state index is -0.676. The summed E-state index contributed by atoms with van der Waals surface area (Å²) in [5.74, 6) is 1.42. The molecule has 0 spiro atoms. The topological polar surface area (TPSA) is 103 Å². The largest absolute Gasteiger partial charge is 0.481 e. The van der Waals surface area contributed by atoms with Crippen LogP contribution in [0.2, 0.25) is 0 Å². The summed E-state index contributed by atoms with van der Waals surface area (Å²) < 4.78 is 22.2. The number of fused-ring (bicyclic) bond motifs is 1. The van der Waals surface area contributed by atoms with Crippen molar-refractivity contribution in [2.75, 3.05) is 13.7 Å². The highest BCUT2D eigenvalue weighted by Gasteiger charge is 2.36. The average Bonchev–Trinajstić information content (AvgIpc) is 3.31. The number of aromatic nitrogens is 2. The number of aliphatic hydroxyl groups excluding tert-OH is 1. The number of methoxy groups -OCH3 is 1. The van der Waals surface area contributed by atoms with Gasteiger partial charge in [0.05, 0.1) is 30.8 Å². The van der Waals surface area contributed by atoms with Gasteiger partial charge in [-0.2, -0.15) is 0 Å². The molecule has 2 atom stereocenters. The molecule has 3 aliphatic rings. The molecule has 1 amide bonds. The van der Waals surface area contributed by atoms with Crippen molar-refractivity contribution in [3.63, 3.8) is 0 Å². The van der Waals surface area contributed by atoms with Crippen molar-refractivity contribution in [2.45, 2.75) is 50.7 Å². The molecule has 2 aromatic heterocycles. The molecule has 188 valence electrons. The molecule has 0 radical (unpaired) electrons. The molecule has 5 rings (SSSR count). The summed E-state index contributed by atoms with van der Waals surface area (Å²) in [6, 6.07) is 5.37. The highest BCUT2D eigenvalue weighted by Crippen LogP contribution is 2.31. The van der Waals surface area contributed by atoms with E-state index in [0.717, 1.165) is 36.8 Å². The fourth-order valence-corrected chi connectivity index (χ4v) is 4.51. The van der Waals surface area contributed by atoms with Crippen molar-refractivity contribution in [1.29, 1.82) is 0 Å². The Kier molecular flexibility index (Phi) is 7.18. The number of ether oxygens (including phenoxy) is 4. The summed E-state index contributed by atoms with van der Waals surface area (Å²) >= 11 is 0. The average molecular weight is 492 g/mol. The van der Waals surface area contributed by atoms with Gasteiger partial charge in [0.25, 0.3) is 0 Å². The summed E-state index contributed by atoms with van der Waals surface area (Å²) in [6.07, 6.45) is 13.9. The third kappa shape index (κ3) is 5.21. The molecule has 0 aromatic carbocycles. The molecular formula is C27H29N3O6. The summed E-state index contributed by atoms with van der Waals surface area (Å²) in [5.41, 5.74) is 3.11. The van der Waals surface area contributed by atoms with Crippen molar-refractivity contribution in [3.05, 3.63) is 77.9 Å². The standard InChI is InChI=1S/C27H29N3O6/c1-33-24-12-11-21-26(29-24)20(13-14-28-21)22(31)10-6-5-9-19-15-30(27(32)35-19)25-17-34-16-23(36-25)18-7-3-2-4-8-18/h2-3,7,11-14,16-17,19,22,31H,4-6,8-10,15H2,1H3. The fourth-order valence-electron chi connectivity index (χ4n) is 4.51. The summed E-state index contributed by atoms with van der Waals surface area (Å²) in [6.45, 7) is 0.390. The van der Waals surface area contributed by atoms with Crippen molar-refractivity contribution in [3.8, 4) is 5.88 Å². The molecule has 36 heavy (non-hydrogen) atoms. The molecule has 2 aliphatic heterocycles. The minimum absolute atomic E-state index is 0.252. The number of carbonyl (C=O) groups is 1. The van der Waals surface area contributed by atoms with Crippen LogP contribution >= 0.6 is 0 Å². The molecule has 0 saturated carbocycles. The lowest BCUT2D eigenvalue weighted by molar-refractivity contribution is 0.115. The van der Waals surface area contributed by atoms with Crippen molar-refractivity contribution in [2.24, 2.45) is 0 Å². The number of aliphatic hydroxyl groups is 1. The predicted molar refractivity (Wildman–Crippen MR) is 131 cm³/mol. The zero-order chi connectivity index (χ0) is 24.9. The van der Waals surface area contributed by atoms with Crippen LogP contribution in [0, 0.1) is 0 Å². The Morgan fingerprint density at radius 3 is 3.00 bits per heavy atom. The Morgan fingerprint density at radius 1 is 1.25 bits per heavy atom. The van der Waals surface area contributed by atoms with Crippen LogP contribution in [0.4, 0.5) is 4.79 Å². The maximum atomic E-state index is 12.5. The zero-order valence-corrected chi connectivity index (χ0v) is 20.1. The van der Waals surface area contributed by atoms with Gasteiger partial charge in [-0.15, -0.1) is 0 Å². The second kappa shape index (κ2) is 10.8. The number of rotatable bonds is 9. The number of nitrogens with zero attached hydrogens (tertiary/aromatic N) is 3. The number of hydrogen-bond donors (Lipinski definition) is 1. The van der Waals surface area contributed by atoms with Crippen LogP contribution in [-0.2, 0) is 14.2 Å². The smallest absolute Gasteiger partial charge is 0.417 e. The molecule has 1 N–H and O–H groups in total. The van der Waals surface area contributed by atoms with Crippen LogP contribution in [0.3, 0.4) is 0 Å². The van der Waals surface area contributed by atoms with Crippen LogP contribution in [0.15, 0.2) is 72.4 Å². The summed E-state index contributed by atoms with van der Waals surface area (Å²) in [4.78, 5) is 22.7. The van der Waals surface area contributed by atoms with Crippen LogP contribution in [-0.4, -0.2) is 45.8 Å². The van der Waals surface area contributed by atoms with E-state index >= 15 is 0 Å². The molecule has 1 saturated heterocycles. The van der Waals surface area contributed by atoms with Crippen molar-refractivity contribution < 1.29 is 28.8 Å². The van der Waals surface area contributed by atoms with E-state index in [1.807, 2.05) is 18.2 Å². The van der Waals surface area contributed by atoms with E-state index in [-0.39, 0.29) is 6.10 Å². The molecule has 2 unspecified atom stereocenters. The maximum absolute atomic E-state index is 12.5. The molecule has 1 fully saturated rings. The second-order valence-corrected chi connectivity index (χ2v) is 8.87. The normalized spacial score (nSPS) is 20.2. The maximum Gasteiger partial charge on any atom is 0.417 e. The monoisotopic (exact) mass is 491 g/mol. The lowest BCUT2D eigenvalue weighted by Crippen LogP contribution is -2.27. The van der Waals surface area contributed by atoms with E-state index in [2.05, 4.69) is 16.0 Å². The second-order valence-electron chi connectivity index (χ2n) is 8.87. The van der Waals surface area contributed by atoms with Gasteiger partial charge in [0.2, 0.25) is 11.8 Å². The van der Waals surface area contributed by atoms with Crippen LogP contribution < -0.4 is 4.74 Å². The first-order chi connectivity index (χ1) is 17.6. The third-order valence-corrected chi connectivity index (χ3v) is 6.44. The number of cyclic esters (lactones) is 1. The zero-order valence-electron chi connectivity index (χ0n) is 20.1. The van der Waals surface area contributed by atoms with Crippen LogP contribution in [0.25, 0.3) is 11.0 Å². The number of amides is 1. The summed E-state index contributed by atoms with van der Waals surface area (Å²) in [7, 11) is 1.56. The van der Waals surface area contributed by atoms with Gasteiger partial charge in [-0.25, -0.2) is 14.7 Å². The SMILES string of the molecule is COc1ccc2nccc(C(O)CCCCC3CN(C4=COC=C(C5=CC=CCC5)O4)C(=O)O3)c2n1. The fraction of sp³-hybridized carbons (Fsp3) is 0.370. The lowest BCUT2D eigenvalue weighted by atomic mass is 10.0. The highest BCUT2D eigenvalue weighted by atomic mass is 16.6. The molecule has 9 nitrogen and oxygen atoms in total. The lowest BCUT2D eigenvalue weighted by Gasteiger charge is -2.23. The van der Waals surface area contributed by atoms with Gasteiger partial charge in [0.15, 0.2) is 12.0 Å². The van der Waals surface area contributed by atoms with Gasteiger partial charge < -0.3 is 24.1 Å². The summed E-state index contributed by atoms with van der Waals surface area (Å²) in [5, 5.41) is 10.8. The van der Waals surface area contributed by atoms with E-state index in [1.54, 1.807) is 31.7 Å².